The molecule has 84 valence electrons. The summed E-state index contributed by atoms with van der Waals surface area (Å²) in [6.07, 6.45) is 0. The molecule has 2 aromatic rings. The third kappa shape index (κ3) is 2.30. The number of thiophene rings is 1. The molecule has 0 aliphatic carbocycles. The molecule has 0 saturated heterocycles. The first-order chi connectivity index (χ1) is 7.61. The zero-order valence-electron chi connectivity index (χ0n) is 8.51. The van der Waals surface area contributed by atoms with E-state index in [0.717, 1.165) is 19.9 Å². The van der Waals surface area contributed by atoms with Crippen LogP contribution in [0.1, 0.15) is 21.4 Å². The van der Waals surface area contributed by atoms with Crippen LogP contribution in [0.3, 0.4) is 0 Å². The molecule has 0 N–H and O–H groups in total. The maximum absolute atomic E-state index is 6.45. The van der Waals surface area contributed by atoms with Gasteiger partial charge in [0.15, 0.2) is 0 Å². The Morgan fingerprint density at radius 2 is 2.06 bits per heavy atom. The molecular formula is C12H9BrCl2S. The number of halogens is 3. The van der Waals surface area contributed by atoms with Crippen molar-refractivity contribution in [3.05, 3.63) is 55.1 Å². The van der Waals surface area contributed by atoms with Crippen LogP contribution in [-0.2, 0) is 0 Å². The zero-order chi connectivity index (χ0) is 11.7. The molecule has 0 radical (unpaired) electrons. The molecule has 1 atom stereocenters. The van der Waals surface area contributed by atoms with E-state index in [1.165, 1.54) is 5.56 Å². The highest BCUT2D eigenvalue weighted by molar-refractivity contribution is 9.10. The fourth-order valence-electron chi connectivity index (χ4n) is 1.49. The third-order valence-corrected chi connectivity index (χ3v) is 5.46. The zero-order valence-corrected chi connectivity index (χ0v) is 12.4. The van der Waals surface area contributed by atoms with Crippen LogP contribution in [-0.4, -0.2) is 0 Å². The lowest BCUT2D eigenvalue weighted by Gasteiger charge is -2.12. The summed E-state index contributed by atoms with van der Waals surface area (Å²) in [4.78, 5) is 0.995. The molecule has 0 aliphatic rings. The maximum Gasteiger partial charge on any atom is 0.0953 e. The molecule has 1 aromatic heterocycles. The van der Waals surface area contributed by atoms with Crippen LogP contribution in [0.15, 0.2) is 34.1 Å². The molecule has 0 bridgehead atoms. The van der Waals surface area contributed by atoms with Crippen molar-refractivity contribution in [3.63, 3.8) is 0 Å². The highest BCUT2D eigenvalue weighted by Gasteiger charge is 2.18. The molecule has 2 rings (SSSR count). The van der Waals surface area contributed by atoms with E-state index >= 15 is 0 Å². The van der Waals surface area contributed by atoms with Gasteiger partial charge < -0.3 is 0 Å². The van der Waals surface area contributed by atoms with Gasteiger partial charge in [-0.2, -0.15) is 0 Å². The van der Waals surface area contributed by atoms with E-state index < -0.39 is 0 Å². The van der Waals surface area contributed by atoms with Gasteiger partial charge in [-0.1, -0.05) is 45.7 Å². The summed E-state index contributed by atoms with van der Waals surface area (Å²) in [5.41, 5.74) is 2.24. The summed E-state index contributed by atoms with van der Waals surface area (Å²) in [7, 11) is 0. The van der Waals surface area contributed by atoms with Gasteiger partial charge in [-0.25, -0.2) is 0 Å². The Kier molecular flexibility index (Phi) is 3.96. The number of hydrogen-bond donors (Lipinski definition) is 0. The van der Waals surface area contributed by atoms with E-state index in [1.54, 1.807) is 11.3 Å². The van der Waals surface area contributed by atoms with Gasteiger partial charge in [0.05, 0.1) is 10.4 Å². The van der Waals surface area contributed by atoms with Crippen LogP contribution >= 0.6 is 50.5 Å². The number of aryl methyl sites for hydroxylation is 1. The van der Waals surface area contributed by atoms with E-state index in [1.807, 2.05) is 36.6 Å². The van der Waals surface area contributed by atoms with Crippen LogP contribution in [0.5, 0.6) is 0 Å². The van der Waals surface area contributed by atoms with Gasteiger partial charge in [-0.05, 0) is 29.5 Å². The van der Waals surface area contributed by atoms with Gasteiger partial charge in [-0.3, -0.25) is 0 Å². The van der Waals surface area contributed by atoms with Crippen molar-refractivity contribution in [1.29, 1.82) is 0 Å². The standard InChI is InChI=1S/C12H9BrCl2S/c1-7-3-2-4-8(10(7)13)11(15)12-9(14)5-6-16-12/h2-6,11H,1H3. The molecule has 1 aromatic carbocycles. The molecule has 0 aliphatic heterocycles. The van der Waals surface area contributed by atoms with E-state index in [-0.39, 0.29) is 5.38 Å². The lowest BCUT2D eigenvalue weighted by Crippen LogP contribution is -1.94. The van der Waals surface area contributed by atoms with E-state index in [9.17, 15) is 0 Å². The predicted molar refractivity (Wildman–Crippen MR) is 75.9 cm³/mol. The lowest BCUT2D eigenvalue weighted by atomic mass is 10.1. The Labute approximate surface area is 117 Å². The minimum Gasteiger partial charge on any atom is -0.145 e. The maximum atomic E-state index is 6.45. The Balaban J connectivity index is 2.46. The fourth-order valence-corrected chi connectivity index (χ4v) is 3.79. The average molecular weight is 336 g/mol. The van der Waals surface area contributed by atoms with Crippen molar-refractivity contribution in [2.45, 2.75) is 12.3 Å². The molecule has 0 spiro atoms. The quantitative estimate of drug-likeness (QED) is 0.608. The minimum absolute atomic E-state index is 0.193. The summed E-state index contributed by atoms with van der Waals surface area (Å²) in [6.45, 7) is 2.05. The average Bonchev–Trinajstić information content (AvgIpc) is 2.68. The van der Waals surface area contributed by atoms with Crippen LogP contribution < -0.4 is 0 Å². The van der Waals surface area contributed by atoms with Gasteiger partial charge in [0.25, 0.3) is 0 Å². The van der Waals surface area contributed by atoms with Crippen LogP contribution in [0.4, 0.5) is 0 Å². The molecule has 16 heavy (non-hydrogen) atoms. The minimum atomic E-state index is -0.193. The molecule has 1 heterocycles. The summed E-state index contributed by atoms with van der Waals surface area (Å²) >= 11 is 17.7. The topological polar surface area (TPSA) is 0 Å². The smallest absolute Gasteiger partial charge is 0.0953 e. The van der Waals surface area contributed by atoms with Crippen LogP contribution in [0.25, 0.3) is 0 Å². The van der Waals surface area contributed by atoms with Crippen molar-refractivity contribution < 1.29 is 0 Å². The van der Waals surface area contributed by atoms with Crippen molar-refractivity contribution >= 4 is 50.5 Å². The van der Waals surface area contributed by atoms with Crippen molar-refractivity contribution in [2.24, 2.45) is 0 Å². The molecule has 0 fully saturated rings. The number of rotatable bonds is 2. The highest BCUT2D eigenvalue weighted by Crippen LogP contribution is 2.40. The van der Waals surface area contributed by atoms with Crippen molar-refractivity contribution in [2.75, 3.05) is 0 Å². The van der Waals surface area contributed by atoms with E-state index in [4.69, 9.17) is 23.2 Å². The SMILES string of the molecule is Cc1cccc(C(Cl)c2sccc2Cl)c1Br. The molecule has 1 unspecified atom stereocenters. The highest BCUT2D eigenvalue weighted by atomic mass is 79.9. The van der Waals surface area contributed by atoms with Gasteiger partial charge >= 0.3 is 0 Å². The first-order valence-corrected chi connectivity index (χ1v) is 7.22. The summed E-state index contributed by atoms with van der Waals surface area (Å²) in [5, 5.41) is 2.50. The third-order valence-electron chi connectivity index (χ3n) is 2.37. The first-order valence-electron chi connectivity index (χ1n) is 4.73. The largest absolute Gasteiger partial charge is 0.145 e. The van der Waals surface area contributed by atoms with Gasteiger partial charge in [0.1, 0.15) is 0 Å². The Morgan fingerprint density at radius 1 is 1.31 bits per heavy atom. The molecular weight excluding hydrogens is 327 g/mol. The van der Waals surface area contributed by atoms with E-state index in [2.05, 4.69) is 15.9 Å². The van der Waals surface area contributed by atoms with Crippen molar-refractivity contribution in [3.8, 4) is 0 Å². The Bertz CT molecular complexity index is 507. The Hall–Kier alpha value is -0.0200. The summed E-state index contributed by atoms with van der Waals surface area (Å²) < 4.78 is 1.06. The van der Waals surface area contributed by atoms with Crippen LogP contribution in [0, 0.1) is 6.92 Å². The van der Waals surface area contributed by atoms with Crippen molar-refractivity contribution in [1.82, 2.24) is 0 Å². The summed E-state index contributed by atoms with van der Waals surface area (Å²) in [5.74, 6) is 0. The van der Waals surface area contributed by atoms with Gasteiger partial charge in [0.2, 0.25) is 0 Å². The molecule has 0 amide bonds. The molecule has 0 nitrogen and oxygen atoms in total. The van der Waals surface area contributed by atoms with Crippen LogP contribution in [0.2, 0.25) is 5.02 Å². The monoisotopic (exact) mass is 334 g/mol. The second-order valence-electron chi connectivity index (χ2n) is 3.47. The summed E-state index contributed by atoms with van der Waals surface area (Å²) in [6, 6.07) is 7.95. The fraction of sp³-hybridized carbons (Fsp3) is 0.167. The normalized spacial score (nSPS) is 12.8. The van der Waals surface area contributed by atoms with Gasteiger partial charge in [0, 0.05) is 9.35 Å². The van der Waals surface area contributed by atoms with E-state index in [0.29, 0.717) is 0 Å². The first kappa shape index (κ1) is 12.4. The number of benzene rings is 1. The second-order valence-corrected chi connectivity index (χ2v) is 6.06. The second kappa shape index (κ2) is 5.09. The number of hydrogen-bond acceptors (Lipinski definition) is 1. The van der Waals surface area contributed by atoms with Gasteiger partial charge in [-0.15, -0.1) is 22.9 Å². The Morgan fingerprint density at radius 3 is 2.69 bits per heavy atom. The molecule has 4 heteroatoms. The number of alkyl halides is 1. The predicted octanol–water partition coefficient (Wildman–Crippen LogP) is 5.80. The lowest BCUT2D eigenvalue weighted by molar-refractivity contribution is 1.15. The molecule has 0 saturated carbocycles.